The second-order valence-corrected chi connectivity index (χ2v) is 7.82. The van der Waals surface area contributed by atoms with Crippen molar-refractivity contribution in [1.29, 1.82) is 0 Å². The molecular weight excluding hydrogens is 404 g/mol. The Labute approximate surface area is 188 Å². The summed E-state index contributed by atoms with van der Waals surface area (Å²) in [5.41, 5.74) is 3.33. The first-order valence-electron chi connectivity index (χ1n) is 10.9. The number of aromatic nitrogens is 2. The predicted molar refractivity (Wildman–Crippen MR) is 122 cm³/mol. The molecule has 1 aliphatic rings. The van der Waals surface area contributed by atoms with E-state index in [2.05, 4.69) is 17.2 Å². The number of rotatable bonds is 6. The van der Waals surface area contributed by atoms with Crippen LogP contribution >= 0.6 is 0 Å². The minimum Gasteiger partial charge on any atom is -0.497 e. The second-order valence-electron chi connectivity index (χ2n) is 7.82. The van der Waals surface area contributed by atoms with E-state index in [9.17, 15) is 9.59 Å². The first-order valence-corrected chi connectivity index (χ1v) is 10.9. The average molecular weight is 433 g/mol. The molecule has 2 aromatic carbocycles. The minimum atomic E-state index is -0.0408. The van der Waals surface area contributed by atoms with E-state index in [4.69, 9.17) is 4.74 Å². The number of hydrogen-bond acceptors (Lipinski definition) is 4. The molecule has 0 radical (unpaired) electrons. The summed E-state index contributed by atoms with van der Waals surface area (Å²) in [5, 5.41) is 4.49. The first-order chi connectivity index (χ1) is 15.6. The van der Waals surface area contributed by atoms with E-state index in [1.54, 1.807) is 30.3 Å². The van der Waals surface area contributed by atoms with Crippen LogP contribution in [0.1, 0.15) is 38.9 Å². The lowest BCUT2D eigenvalue weighted by Crippen LogP contribution is -2.50. The van der Waals surface area contributed by atoms with Gasteiger partial charge >= 0.3 is 0 Å². The van der Waals surface area contributed by atoms with Crippen LogP contribution in [0.3, 0.4) is 0 Å². The normalized spacial score (nSPS) is 13.8. The number of nitrogens with zero attached hydrogens (tertiary/aromatic N) is 4. The number of carbonyl (C=O) groups is 2. The highest BCUT2D eigenvalue weighted by atomic mass is 16.5. The van der Waals surface area contributed by atoms with Gasteiger partial charge in [0.25, 0.3) is 11.8 Å². The molecule has 0 atom stereocenters. The second kappa shape index (κ2) is 9.68. The largest absolute Gasteiger partial charge is 0.497 e. The van der Waals surface area contributed by atoms with E-state index in [0.717, 1.165) is 17.7 Å². The SMILES string of the molecule is CCc1c(C(=O)N2CCN(C(=O)c3cccc(OC)c3)CC2)cnn1Cc1ccccc1. The van der Waals surface area contributed by atoms with Gasteiger partial charge in [-0.3, -0.25) is 14.3 Å². The molecule has 0 unspecified atom stereocenters. The lowest BCUT2D eigenvalue weighted by Gasteiger charge is -2.34. The zero-order chi connectivity index (χ0) is 22.5. The zero-order valence-corrected chi connectivity index (χ0v) is 18.5. The number of amides is 2. The van der Waals surface area contributed by atoms with Crippen LogP contribution in [-0.4, -0.2) is 64.7 Å². The van der Waals surface area contributed by atoms with Crippen LogP contribution in [0.15, 0.2) is 60.8 Å². The third-order valence-electron chi connectivity index (χ3n) is 5.86. The summed E-state index contributed by atoms with van der Waals surface area (Å²) in [5.74, 6) is 0.597. The molecule has 2 heterocycles. The molecule has 0 bridgehead atoms. The van der Waals surface area contributed by atoms with Gasteiger partial charge in [-0.05, 0) is 30.2 Å². The van der Waals surface area contributed by atoms with Crippen molar-refractivity contribution < 1.29 is 14.3 Å². The Morgan fingerprint density at radius 3 is 2.28 bits per heavy atom. The third-order valence-corrected chi connectivity index (χ3v) is 5.86. The van der Waals surface area contributed by atoms with Crippen molar-refractivity contribution in [3.8, 4) is 5.75 Å². The molecule has 32 heavy (non-hydrogen) atoms. The molecular formula is C25H28N4O3. The summed E-state index contributed by atoms with van der Waals surface area (Å²) >= 11 is 0. The maximum Gasteiger partial charge on any atom is 0.257 e. The van der Waals surface area contributed by atoms with Crippen LogP contribution in [0.25, 0.3) is 0 Å². The van der Waals surface area contributed by atoms with Crippen molar-refractivity contribution in [1.82, 2.24) is 19.6 Å². The Balaban J connectivity index is 1.41. The Morgan fingerprint density at radius 2 is 1.62 bits per heavy atom. The summed E-state index contributed by atoms with van der Waals surface area (Å²) in [6.07, 6.45) is 2.40. The molecule has 0 spiro atoms. The lowest BCUT2D eigenvalue weighted by molar-refractivity contribution is 0.0534. The van der Waals surface area contributed by atoms with Gasteiger partial charge in [0.05, 0.1) is 31.1 Å². The smallest absolute Gasteiger partial charge is 0.257 e. The molecule has 1 saturated heterocycles. The molecule has 1 aliphatic heterocycles. The van der Waals surface area contributed by atoms with Crippen LogP contribution in [0.4, 0.5) is 0 Å². The van der Waals surface area contributed by atoms with Gasteiger partial charge in [-0.1, -0.05) is 43.3 Å². The van der Waals surface area contributed by atoms with E-state index in [0.29, 0.717) is 49.6 Å². The molecule has 1 aromatic heterocycles. The fourth-order valence-electron chi connectivity index (χ4n) is 4.08. The van der Waals surface area contributed by atoms with E-state index >= 15 is 0 Å². The maximum atomic E-state index is 13.2. The van der Waals surface area contributed by atoms with Crippen molar-refractivity contribution in [3.63, 3.8) is 0 Å². The van der Waals surface area contributed by atoms with E-state index in [1.165, 1.54) is 0 Å². The highest BCUT2D eigenvalue weighted by molar-refractivity contribution is 5.96. The minimum absolute atomic E-state index is 0.0189. The van der Waals surface area contributed by atoms with Crippen molar-refractivity contribution >= 4 is 11.8 Å². The molecule has 0 aliphatic carbocycles. The van der Waals surface area contributed by atoms with Gasteiger partial charge in [0.15, 0.2) is 0 Å². The molecule has 7 nitrogen and oxygen atoms in total. The Bertz CT molecular complexity index is 1090. The van der Waals surface area contributed by atoms with E-state index in [1.807, 2.05) is 46.8 Å². The highest BCUT2D eigenvalue weighted by Crippen LogP contribution is 2.18. The standard InChI is InChI=1S/C25H28N4O3/c1-3-23-22(17-26-29(23)18-19-8-5-4-6-9-19)25(31)28-14-12-27(13-15-28)24(30)20-10-7-11-21(16-20)32-2/h4-11,16-17H,3,12-15,18H2,1-2H3. The number of hydrogen-bond donors (Lipinski definition) is 0. The summed E-state index contributed by atoms with van der Waals surface area (Å²) in [6, 6.07) is 17.3. The first kappa shape index (κ1) is 21.6. The summed E-state index contributed by atoms with van der Waals surface area (Å²) < 4.78 is 7.13. The number of carbonyl (C=O) groups excluding carboxylic acids is 2. The van der Waals surface area contributed by atoms with Crippen LogP contribution in [-0.2, 0) is 13.0 Å². The molecule has 1 fully saturated rings. The Hall–Kier alpha value is -3.61. The predicted octanol–water partition coefficient (Wildman–Crippen LogP) is 3.10. The molecule has 0 N–H and O–H groups in total. The fourth-order valence-corrected chi connectivity index (χ4v) is 4.08. The van der Waals surface area contributed by atoms with Gasteiger partial charge in [0.2, 0.25) is 0 Å². The van der Waals surface area contributed by atoms with Crippen LogP contribution in [0.2, 0.25) is 0 Å². The van der Waals surface area contributed by atoms with Crippen molar-refractivity contribution in [3.05, 3.63) is 83.2 Å². The van der Waals surface area contributed by atoms with Crippen molar-refractivity contribution in [2.24, 2.45) is 0 Å². The monoisotopic (exact) mass is 432 g/mol. The van der Waals surface area contributed by atoms with E-state index in [-0.39, 0.29) is 11.8 Å². The topological polar surface area (TPSA) is 67.7 Å². The molecule has 4 rings (SSSR count). The third kappa shape index (κ3) is 4.51. The number of ether oxygens (including phenoxy) is 1. The van der Waals surface area contributed by atoms with Crippen LogP contribution < -0.4 is 4.74 Å². The quantitative estimate of drug-likeness (QED) is 0.600. The van der Waals surface area contributed by atoms with Gasteiger partial charge in [0, 0.05) is 31.7 Å². The summed E-state index contributed by atoms with van der Waals surface area (Å²) in [7, 11) is 1.58. The van der Waals surface area contributed by atoms with Gasteiger partial charge in [-0.25, -0.2) is 0 Å². The molecule has 0 saturated carbocycles. The Kier molecular flexibility index (Phi) is 6.54. The zero-order valence-electron chi connectivity index (χ0n) is 18.5. The summed E-state index contributed by atoms with van der Waals surface area (Å²) in [6.45, 7) is 4.69. The van der Waals surface area contributed by atoms with Crippen LogP contribution in [0, 0.1) is 0 Å². The van der Waals surface area contributed by atoms with Gasteiger partial charge < -0.3 is 14.5 Å². The number of methoxy groups -OCH3 is 1. The van der Waals surface area contributed by atoms with Gasteiger partial charge in [-0.2, -0.15) is 5.10 Å². The van der Waals surface area contributed by atoms with Crippen molar-refractivity contribution in [2.45, 2.75) is 19.9 Å². The van der Waals surface area contributed by atoms with Crippen molar-refractivity contribution in [2.75, 3.05) is 33.3 Å². The summed E-state index contributed by atoms with van der Waals surface area (Å²) in [4.78, 5) is 29.7. The molecule has 2 amide bonds. The molecule has 7 heteroatoms. The molecule has 3 aromatic rings. The lowest BCUT2D eigenvalue weighted by atomic mass is 10.1. The average Bonchev–Trinajstić information content (AvgIpc) is 3.26. The highest BCUT2D eigenvalue weighted by Gasteiger charge is 2.28. The van der Waals surface area contributed by atoms with Gasteiger partial charge in [-0.15, -0.1) is 0 Å². The molecule has 166 valence electrons. The number of piperazine rings is 1. The van der Waals surface area contributed by atoms with Crippen LogP contribution in [0.5, 0.6) is 5.75 Å². The van der Waals surface area contributed by atoms with Gasteiger partial charge in [0.1, 0.15) is 5.75 Å². The van der Waals surface area contributed by atoms with E-state index < -0.39 is 0 Å². The Morgan fingerprint density at radius 1 is 0.938 bits per heavy atom. The number of benzene rings is 2. The maximum absolute atomic E-state index is 13.2. The fraction of sp³-hybridized carbons (Fsp3) is 0.320.